The first-order chi connectivity index (χ1) is 6.20. The van der Waals surface area contributed by atoms with Crippen LogP contribution in [0.2, 0.25) is 0 Å². The summed E-state index contributed by atoms with van der Waals surface area (Å²) in [6.45, 7) is 0. The summed E-state index contributed by atoms with van der Waals surface area (Å²) in [6, 6.07) is -0.771. The number of H-pyrrole nitrogens is 1. The molecule has 4 N–H and O–H groups in total. The Bertz CT molecular complexity index is 259. The lowest BCUT2D eigenvalue weighted by atomic mass is 10.1. The second-order valence-corrected chi connectivity index (χ2v) is 2.80. The van der Waals surface area contributed by atoms with Gasteiger partial charge in [0.05, 0.1) is 11.9 Å². The van der Waals surface area contributed by atoms with Gasteiger partial charge >= 0.3 is 5.97 Å². The van der Waals surface area contributed by atoms with Crippen LogP contribution in [0.1, 0.15) is 18.5 Å². The summed E-state index contributed by atoms with van der Waals surface area (Å²) in [4.78, 5) is 10.3. The van der Waals surface area contributed by atoms with Crippen LogP contribution >= 0.6 is 0 Å². The molecule has 1 unspecified atom stereocenters. The lowest BCUT2D eigenvalue weighted by molar-refractivity contribution is -0.138. The molecule has 1 heterocycles. The zero-order valence-corrected chi connectivity index (χ0v) is 7.10. The molecule has 0 radical (unpaired) electrons. The Balaban J connectivity index is 2.18. The normalized spacial score (nSPS) is 12.7. The maximum Gasteiger partial charge on any atom is 0.320 e. The fraction of sp³-hybridized carbons (Fsp3) is 0.571. The maximum atomic E-state index is 10.3. The Morgan fingerprint density at radius 2 is 2.54 bits per heavy atom. The summed E-state index contributed by atoms with van der Waals surface area (Å²) in [7, 11) is 0. The molecule has 6 nitrogen and oxygen atoms in total. The number of nitrogens with one attached hydrogen (secondary N) is 1. The molecule has 0 aliphatic carbocycles. The van der Waals surface area contributed by atoms with Gasteiger partial charge in [0.1, 0.15) is 6.04 Å². The number of hydrogen-bond donors (Lipinski definition) is 3. The van der Waals surface area contributed by atoms with Crippen molar-refractivity contribution in [3.63, 3.8) is 0 Å². The van der Waals surface area contributed by atoms with Gasteiger partial charge in [0.15, 0.2) is 0 Å². The van der Waals surface area contributed by atoms with Crippen LogP contribution in [-0.4, -0.2) is 32.5 Å². The number of aryl methyl sites for hydroxylation is 1. The third kappa shape index (κ3) is 3.20. The van der Waals surface area contributed by atoms with E-state index in [1.54, 1.807) is 6.20 Å². The number of carboxylic acid groups (broad SMARTS) is 1. The van der Waals surface area contributed by atoms with E-state index in [-0.39, 0.29) is 0 Å². The van der Waals surface area contributed by atoms with Gasteiger partial charge in [-0.25, -0.2) is 0 Å². The SMILES string of the molecule is NC(CCCc1cn[nH]n1)C(=O)O. The van der Waals surface area contributed by atoms with Crippen molar-refractivity contribution in [1.82, 2.24) is 15.4 Å². The van der Waals surface area contributed by atoms with Crippen LogP contribution in [0.5, 0.6) is 0 Å². The van der Waals surface area contributed by atoms with Gasteiger partial charge in [-0.3, -0.25) is 4.79 Å². The summed E-state index contributed by atoms with van der Waals surface area (Å²) >= 11 is 0. The van der Waals surface area contributed by atoms with Gasteiger partial charge in [-0.15, -0.1) is 0 Å². The topological polar surface area (TPSA) is 105 Å². The Morgan fingerprint density at radius 1 is 1.77 bits per heavy atom. The number of hydrogen-bond acceptors (Lipinski definition) is 4. The maximum absolute atomic E-state index is 10.3. The van der Waals surface area contributed by atoms with E-state index in [1.165, 1.54) is 0 Å². The van der Waals surface area contributed by atoms with Crippen LogP contribution < -0.4 is 5.73 Å². The Morgan fingerprint density at radius 3 is 3.08 bits per heavy atom. The van der Waals surface area contributed by atoms with E-state index in [2.05, 4.69) is 15.4 Å². The van der Waals surface area contributed by atoms with Crippen molar-refractivity contribution in [2.75, 3.05) is 0 Å². The van der Waals surface area contributed by atoms with Crippen molar-refractivity contribution >= 4 is 5.97 Å². The van der Waals surface area contributed by atoms with Gasteiger partial charge < -0.3 is 10.8 Å². The molecule has 13 heavy (non-hydrogen) atoms. The van der Waals surface area contributed by atoms with E-state index in [1.807, 2.05) is 0 Å². The number of carboxylic acids is 1. The molecule has 72 valence electrons. The molecule has 1 aromatic rings. The van der Waals surface area contributed by atoms with Gasteiger partial charge in [-0.2, -0.15) is 15.4 Å². The van der Waals surface area contributed by atoms with Gasteiger partial charge in [0, 0.05) is 0 Å². The molecule has 1 atom stereocenters. The molecule has 1 rings (SSSR count). The lowest BCUT2D eigenvalue weighted by Gasteiger charge is -2.03. The van der Waals surface area contributed by atoms with Crippen molar-refractivity contribution in [2.24, 2.45) is 5.73 Å². The molecule has 1 aromatic heterocycles. The molecule has 0 fully saturated rings. The van der Waals surface area contributed by atoms with Crippen LogP contribution in [0.15, 0.2) is 6.20 Å². The van der Waals surface area contributed by atoms with Crippen molar-refractivity contribution in [1.29, 1.82) is 0 Å². The summed E-state index contributed by atoms with van der Waals surface area (Å²) in [6.07, 6.45) is 3.49. The number of aromatic nitrogens is 3. The van der Waals surface area contributed by atoms with E-state index in [9.17, 15) is 4.79 Å². The molecule has 0 amide bonds. The lowest BCUT2D eigenvalue weighted by Crippen LogP contribution is -2.29. The smallest absolute Gasteiger partial charge is 0.320 e. The summed E-state index contributed by atoms with van der Waals surface area (Å²) < 4.78 is 0. The molecule has 6 heteroatoms. The van der Waals surface area contributed by atoms with Crippen LogP contribution in [0.25, 0.3) is 0 Å². The Hall–Kier alpha value is -1.43. The first-order valence-electron chi connectivity index (χ1n) is 4.03. The fourth-order valence-electron chi connectivity index (χ4n) is 0.972. The number of carbonyl (C=O) groups is 1. The minimum atomic E-state index is -0.958. The molecule has 0 aliphatic heterocycles. The van der Waals surface area contributed by atoms with E-state index in [0.717, 1.165) is 5.69 Å². The van der Waals surface area contributed by atoms with Crippen molar-refractivity contribution in [2.45, 2.75) is 25.3 Å². The van der Waals surface area contributed by atoms with Gasteiger partial charge in [0.25, 0.3) is 0 Å². The predicted molar refractivity (Wildman–Crippen MR) is 44.9 cm³/mol. The first kappa shape index (κ1) is 9.66. The molecule has 0 bridgehead atoms. The number of nitrogens with two attached hydrogens (primary N) is 1. The Labute approximate surface area is 75.1 Å². The molecular weight excluding hydrogens is 172 g/mol. The van der Waals surface area contributed by atoms with E-state index in [0.29, 0.717) is 19.3 Å². The number of rotatable bonds is 5. The van der Waals surface area contributed by atoms with Gasteiger partial charge in [-0.05, 0) is 19.3 Å². The van der Waals surface area contributed by atoms with Crippen LogP contribution in [0.4, 0.5) is 0 Å². The standard InChI is InChI=1S/C7H12N4O2/c8-6(7(12)13)3-1-2-5-4-9-11-10-5/h4,6H,1-3,8H2,(H,12,13)(H,9,10,11). The average Bonchev–Trinajstić information content (AvgIpc) is 2.56. The van der Waals surface area contributed by atoms with Crippen LogP contribution in [0, 0.1) is 0 Å². The largest absolute Gasteiger partial charge is 0.480 e. The van der Waals surface area contributed by atoms with E-state index in [4.69, 9.17) is 10.8 Å². The van der Waals surface area contributed by atoms with Crippen molar-refractivity contribution < 1.29 is 9.90 Å². The van der Waals surface area contributed by atoms with Gasteiger partial charge in [-0.1, -0.05) is 0 Å². The van der Waals surface area contributed by atoms with Crippen LogP contribution in [0.3, 0.4) is 0 Å². The minimum absolute atomic E-state index is 0.461. The van der Waals surface area contributed by atoms with Crippen molar-refractivity contribution in [3.8, 4) is 0 Å². The zero-order valence-electron chi connectivity index (χ0n) is 7.10. The van der Waals surface area contributed by atoms with Crippen LogP contribution in [-0.2, 0) is 11.2 Å². The second kappa shape index (κ2) is 4.56. The second-order valence-electron chi connectivity index (χ2n) is 2.80. The highest BCUT2D eigenvalue weighted by Gasteiger charge is 2.10. The highest BCUT2D eigenvalue weighted by Crippen LogP contribution is 2.01. The molecule has 0 saturated heterocycles. The third-order valence-corrected chi connectivity index (χ3v) is 1.73. The minimum Gasteiger partial charge on any atom is -0.480 e. The summed E-state index contributed by atoms with van der Waals surface area (Å²) in [5, 5.41) is 18.4. The number of nitrogens with zero attached hydrogens (tertiary/aromatic N) is 2. The number of aliphatic carboxylic acids is 1. The molecule has 0 spiro atoms. The average molecular weight is 184 g/mol. The molecule has 0 aromatic carbocycles. The summed E-state index contributed by atoms with van der Waals surface area (Å²) in [5.74, 6) is -0.958. The molecular formula is C7H12N4O2. The first-order valence-corrected chi connectivity index (χ1v) is 4.03. The quantitative estimate of drug-likeness (QED) is 0.574. The van der Waals surface area contributed by atoms with Gasteiger partial charge in [0.2, 0.25) is 0 Å². The molecule has 0 saturated carbocycles. The highest BCUT2D eigenvalue weighted by atomic mass is 16.4. The third-order valence-electron chi connectivity index (χ3n) is 1.73. The highest BCUT2D eigenvalue weighted by molar-refractivity contribution is 5.72. The van der Waals surface area contributed by atoms with Crippen molar-refractivity contribution in [3.05, 3.63) is 11.9 Å². The number of aromatic amines is 1. The fourth-order valence-corrected chi connectivity index (χ4v) is 0.972. The zero-order chi connectivity index (χ0) is 9.68. The van der Waals surface area contributed by atoms with E-state index >= 15 is 0 Å². The summed E-state index contributed by atoms with van der Waals surface area (Å²) in [5.41, 5.74) is 6.14. The molecule has 0 aliphatic rings. The predicted octanol–water partition coefficient (Wildman–Crippen LogP) is -0.461. The Kier molecular flexibility index (Phi) is 3.39. The van der Waals surface area contributed by atoms with E-state index < -0.39 is 12.0 Å². The monoisotopic (exact) mass is 184 g/mol.